The summed E-state index contributed by atoms with van der Waals surface area (Å²) < 4.78 is 36.6. The van der Waals surface area contributed by atoms with Gasteiger partial charge in [0, 0.05) is 13.0 Å². The van der Waals surface area contributed by atoms with Gasteiger partial charge in [-0.3, -0.25) is 9.59 Å². The number of halogens is 3. The molecule has 1 saturated heterocycles. The Balaban J connectivity index is 2.60. The maximum absolute atomic E-state index is 12.2. The Morgan fingerprint density at radius 3 is 2.55 bits per heavy atom. The molecule has 2 atom stereocenters. The van der Waals surface area contributed by atoms with Crippen LogP contribution in [-0.4, -0.2) is 53.1 Å². The fraction of sp³-hybridized carbons (Fsp3) is 0.727. The Hall–Kier alpha value is -1.80. The number of hydrogen-bond donors (Lipinski definition) is 2. The second-order valence-corrected chi connectivity index (χ2v) is 4.60. The van der Waals surface area contributed by atoms with Gasteiger partial charge >= 0.3 is 12.1 Å². The Bertz CT molecular complexity index is 411. The summed E-state index contributed by atoms with van der Waals surface area (Å²) in [6.45, 7) is -0.194. The van der Waals surface area contributed by atoms with Gasteiger partial charge in [-0.25, -0.2) is 4.79 Å². The third-order valence-electron chi connectivity index (χ3n) is 2.98. The molecule has 6 nitrogen and oxygen atoms in total. The van der Waals surface area contributed by atoms with E-state index in [4.69, 9.17) is 5.11 Å². The molecule has 0 aromatic rings. The lowest BCUT2D eigenvalue weighted by molar-refractivity contribution is -0.157. The summed E-state index contributed by atoms with van der Waals surface area (Å²) >= 11 is 0. The van der Waals surface area contributed by atoms with Gasteiger partial charge in [-0.2, -0.15) is 13.2 Å². The minimum atomic E-state index is -4.52. The Morgan fingerprint density at radius 1 is 1.50 bits per heavy atom. The molecule has 1 aliphatic heterocycles. The van der Waals surface area contributed by atoms with Gasteiger partial charge in [0.2, 0.25) is 11.8 Å². The number of nitrogens with one attached hydrogen (secondary N) is 1. The standard InChI is InChI=1S/C11H15F3N2O4/c1-2-7(10(19)20)15-9(18)6-3-8(17)16(4-6)5-11(12,13)14/h6-7H,2-5H2,1H3,(H,15,18)(H,19,20). The van der Waals surface area contributed by atoms with E-state index < -0.39 is 42.5 Å². The van der Waals surface area contributed by atoms with Gasteiger partial charge in [0.1, 0.15) is 12.6 Å². The highest BCUT2D eigenvalue weighted by molar-refractivity contribution is 5.91. The van der Waals surface area contributed by atoms with Crippen molar-refractivity contribution in [1.82, 2.24) is 10.2 Å². The summed E-state index contributed by atoms with van der Waals surface area (Å²) in [5, 5.41) is 11.0. The number of rotatable bonds is 5. The fourth-order valence-corrected chi connectivity index (χ4v) is 1.95. The zero-order chi connectivity index (χ0) is 15.5. The molecule has 1 aliphatic rings. The van der Waals surface area contributed by atoms with E-state index in [0.29, 0.717) is 4.90 Å². The molecule has 1 fully saturated rings. The zero-order valence-corrected chi connectivity index (χ0v) is 10.7. The number of hydrogen-bond acceptors (Lipinski definition) is 3. The summed E-state index contributed by atoms with van der Waals surface area (Å²) in [5.74, 6) is -3.64. The third kappa shape index (κ3) is 4.39. The van der Waals surface area contributed by atoms with Crippen LogP contribution in [0.4, 0.5) is 13.2 Å². The molecule has 9 heteroatoms. The molecule has 0 saturated carbocycles. The minimum absolute atomic E-state index is 0.147. The molecule has 0 aliphatic carbocycles. The number of carbonyl (C=O) groups is 3. The molecular formula is C11H15F3N2O4. The topological polar surface area (TPSA) is 86.7 Å². The van der Waals surface area contributed by atoms with Crippen molar-refractivity contribution < 1.29 is 32.7 Å². The van der Waals surface area contributed by atoms with Crippen LogP contribution in [-0.2, 0) is 14.4 Å². The molecule has 0 bridgehead atoms. The number of amides is 2. The van der Waals surface area contributed by atoms with E-state index in [1.165, 1.54) is 0 Å². The van der Waals surface area contributed by atoms with E-state index in [9.17, 15) is 27.6 Å². The average Bonchev–Trinajstić information content (AvgIpc) is 2.65. The predicted molar refractivity (Wildman–Crippen MR) is 60.6 cm³/mol. The first-order valence-electron chi connectivity index (χ1n) is 6.01. The molecule has 2 unspecified atom stereocenters. The van der Waals surface area contributed by atoms with Crippen LogP contribution >= 0.6 is 0 Å². The van der Waals surface area contributed by atoms with E-state index in [0.717, 1.165) is 0 Å². The molecule has 0 aromatic carbocycles. The molecule has 0 aromatic heterocycles. The largest absolute Gasteiger partial charge is 0.480 e. The normalized spacial score (nSPS) is 20.9. The number of carboxylic acid groups (broad SMARTS) is 1. The van der Waals surface area contributed by atoms with Crippen molar-refractivity contribution in [2.75, 3.05) is 13.1 Å². The quantitative estimate of drug-likeness (QED) is 0.767. The first-order valence-corrected chi connectivity index (χ1v) is 6.01. The van der Waals surface area contributed by atoms with Crippen molar-refractivity contribution in [2.45, 2.75) is 32.0 Å². The van der Waals surface area contributed by atoms with E-state index in [2.05, 4.69) is 5.32 Å². The highest BCUT2D eigenvalue weighted by Gasteiger charge is 2.41. The van der Waals surface area contributed by atoms with Crippen LogP contribution in [0, 0.1) is 5.92 Å². The monoisotopic (exact) mass is 296 g/mol. The fourth-order valence-electron chi connectivity index (χ4n) is 1.95. The second-order valence-electron chi connectivity index (χ2n) is 4.60. The number of alkyl halides is 3. The van der Waals surface area contributed by atoms with E-state index >= 15 is 0 Å². The van der Waals surface area contributed by atoms with E-state index in [-0.39, 0.29) is 19.4 Å². The minimum Gasteiger partial charge on any atom is -0.480 e. The van der Waals surface area contributed by atoms with Crippen LogP contribution in [0.25, 0.3) is 0 Å². The maximum atomic E-state index is 12.2. The van der Waals surface area contributed by atoms with Crippen molar-refractivity contribution in [2.24, 2.45) is 5.92 Å². The van der Waals surface area contributed by atoms with Gasteiger partial charge in [0.15, 0.2) is 0 Å². The first kappa shape index (κ1) is 16.3. The lowest BCUT2D eigenvalue weighted by Gasteiger charge is -2.19. The average molecular weight is 296 g/mol. The van der Waals surface area contributed by atoms with Gasteiger partial charge in [-0.15, -0.1) is 0 Å². The molecule has 2 N–H and O–H groups in total. The van der Waals surface area contributed by atoms with Gasteiger partial charge in [-0.1, -0.05) is 6.92 Å². The van der Waals surface area contributed by atoms with Crippen molar-refractivity contribution >= 4 is 17.8 Å². The van der Waals surface area contributed by atoms with Crippen molar-refractivity contribution in [1.29, 1.82) is 0 Å². The first-order chi connectivity index (χ1) is 9.14. The smallest absolute Gasteiger partial charge is 0.406 e. The number of carbonyl (C=O) groups excluding carboxylic acids is 2. The van der Waals surface area contributed by atoms with Crippen molar-refractivity contribution in [3.05, 3.63) is 0 Å². The molecule has 114 valence electrons. The van der Waals surface area contributed by atoms with E-state index in [1.54, 1.807) is 6.92 Å². The Morgan fingerprint density at radius 2 is 2.10 bits per heavy atom. The highest BCUT2D eigenvalue weighted by Crippen LogP contribution is 2.24. The van der Waals surface area contributed by atoms with Crippen LogP contribution in [0.5, 0.6) is 0 Å². The molecule has 0 radical (unpaired) electrons. The molecule has 2 amide bonds. The summed E-state index contributed by atoms with van der Waals surface area (Å²) in [4.78, 5) is 34.4. The summed E-state index contributed by atoms with van der Waals surface area (Å²) in [6, 6.07) is -1.10. The Kier molecular flexibility index (Phi) is 4.96. The molecule has 20 heavy (non-hydrogen) atoms. The van der Waals surface area contributed by atoms with Crippen molar-refractivity contribution in [3.63, 3.8) is 0 Å². The summed E-state index contributed by atoms with van der Waals surface area (Å²) in [7, 11) is 0. The lowest BCUT2D eigenvalue weighted by Crippen LogP contribution is -2.44. The van der Waals surface area contributed by atoms with Gasteiger partial charge < -0.3 is 15.3 Å². The van der Waals surface area contributed by atoms with Crippen LogP contribution < -0.4 is 5.32 Å². The number of likely N-dealkylation sites (tertiary alicyclic amines) is 1. The van der Waals surface area contributed by atoms with Gasteiger partial charge in [0.05, 0.1) is 5.92 Å². The zero-order valence-electron chi connectivity index (χ0n) is 10.7. The number of carboxylic acids is 1. The van der Waals surface area contributed by atoms with Crippen LogP contribution in [0.15, 0.2) is 0 Å². The van der Waals surface area contributed by atoms with Gasteiger partial charge in [0.25, 0.3) is 0 Å². The SMILES string of the molecule is CCC(NC(=O)C1CC(=O)N(CC(F)(F)F)C1)C(=O)O. The lowest BCUT2D eigenvalue weighted by atomic mass is 10.1. The third-order valence-corrected chi connectivity index (χ3v) is 2.98. The molecule has 0 spiro atoms. The molecule has 1 heterocycles. The predicted octanol–water partition coefficient (Wildman–Crippen LogP) is 0.377. The Labute approximate surface area is 112 Å². The van der Waals surface area contributed by atoms with Crippen LogP contribution in [0.1, 0.15) is 19.8 Å². The van der Waals surface area contributed by atoms with Crippen LogP contribution in [0.2, 0.25) is 0 Å². The summed E-state index contributed by atoms with van der Waals surface area (Å²) in [5.41, 5.74) is 0. The van der Waals surface area contributed by atoms with Crippen molar-refractivity contribution in [3.8, 4) is 0 Å². The molecular weight excluding hydrogens is 281 g/mol. The van der Waals surface area contributed by atoms with Gasteiger partial charge in [-0.05, 0) is 6.42 Å². The summed E-state index contributed by atoms with van der Waals surface area (Å²) in [6.07, 6.45) is -4.71. The number of nitrogens with zero attached hydrogens (tertiary/aromatic N) is 1. The number of aliphatic carboxylic acids is 1. The molecule has 1 rings (SSSR count). The van der Waals surface area contributed by atoms with E-state index in [1.807, 2.05) is 0 Å². The maximum Gasteiger partial charge on any atom is 0.406 e. The van der Waals surface area contributed by atoms with Crippen LogP contribution in [0.3, 0.4) is 0 Å². The highest BCUT2D eigenvalue weighted by atomic mass is 19.4. The second kappa shape index (κ2) is 6.10.